The smallest absolute Gasteiger partial charge is 0.241 e. The second kappa shape index (κ2) is 7.35. The van der Waals surface area contributed by atoms with Crippen molar-refractivity contribution in [1.29, 1.82) is 0 Å². The summed E-state index contributed by atoms with van der Waals surface area (Å²) in [5, 5.41) is 2.61. The molecule has 0 fully saturated rings. The molecule has 1 amide bonds. The van der Waals surface area contributed by atoms with Crippen LogP contribution in [0.15, 0.2) is 23.1 Å². The predicted molar refractivity (Wildman–Crippen MR) is 74.2 cm³/mol. The average Bonchev–Trinajstić information content (AvgIpc) is 2.36. The van der Waals surface area contributed by atoms with Crippen LogP contribution in [0.5, 0.6) is 0 Å². The molecule has 0 radical (unpaired) electrons. The second-order valence-electron chi connectivity index (χ2n) is 4.44. The number of aryl methyl sites for hydroxylation is 1. The van der Waals surface area contributed by atoms with Crippen molar-refractivity contribution < 1.29 is 17.6 Å². The lowest BCUT2D eigenvalue weighted by atomic mass is 10.2. The Morgan fingerprint density at radius 3 is 2.65 bits per heavy atom. The lowest BCUT2D eigenvalue weighted by molar-refractivity contribution is -0.119. The summed E-state index contributed by atoms with van der Waals surface area (Å²) in [6.07, 6.45) is 1.79. The maximum atomic E-state index is 12.9. The Labute approximate surface area is 118 Å². The number of unbranched alkanes of at least 4 members (excludes halogenated alkanes) is 1. The number of halogens is 1. The van der Waals surface area contributed by atoms with Crippen LogP contribution in [0.25, 0.3) is 0 Å². The first kappa shape index (κ1) is 16.6. The molecule has 0 atom stereocenters. The number of amides is 1. The highest BCUT2D eigenvalue weighted by Crippen LogP contribution is 2.15. The topological polar surface area (TPSA) is 75.3 Å². The van der Waals surface area contributed by atoms with Gasteiger partial charge in [-0.2, -0.15) is 0 Å². The Morgan fingerprint density at radius 1 is 1.35 bits per heavy atom. The van der Waals surface area contributed by atoms with E-state index in [1.807, 2.05) is 6.92 Å². The van der Waals surface area contributed by atoms with Gasteiger partial charge in [-0.25, -0.2) is 17.5 Å². The minimum Gasteiger partial charge on any atom is -0.355 e. The van der Waals surface area contributed by atoms with Gasteiger partial charge in [0.05, 0.1) is 11.4 Å². The number of carbonyl (C=O) groups is 1. The molecule has 0 aliphatic rings. The number of benzene rings is 1. The molecule has 7 heteroatoms. The van der Waals surface area contributed by atoms with E-state index in [0.717, 1.165) is 25.0 Å². The average molecular weight is 302 g/mol. The van der Waals surface area contributed by atoms with Crippen LogP contribution in [-0.2, 0) is 14.8 Å². The van der Waals surface area contributed by atoms with Crippen molar-refractivity contribution in [2.45, 2.75) is 31.6 Å². The van der Waals surface area contributed by atoms with Gasteiger partial charge in [0.15, 0.2) is 0 Å². The SMILES string of the molecule is CCCCNC(=O)CNS(=O)(=O)c1ccc(F)cc1C. The monoisotopic (exact) mass is 302 g/mol. The van der Waals surface area contributed by atoms with Crippen LogP contribution >= 0.6 is 0 Å². The fourth-order valence-electron chi connectivity index (χ4n) is 1.62. The first-order valence-electron chi connectivity index (χ1n) is 6.39. The Balaban J connectivity index is 2.64. The van der Waals surface area contributed by atoms with Gasteiger partial charge in [0.2, 0.25) is 15.9 Å². The molecule has 1 rings (SSSR count). The van der Waals surface area contributed by atoms with E-state index < -0.39 is 15.8 Å². The van der Waals surface area contributed by atoms with Gasteiger partial charge < -0.3 is 5.32 Å². The lowest BCUT2D eigenvalue weighted by Gasteiger charge is -2.09. The molecule has 0 saturated heterocycles. The van der Waals surface area contributed by atoms with Gasteiger partial charge in [0.1, 0.15) is 5.82 Å². The summed E-state index contributed by atoms with van der Waals surface area (Å²) < 4.78 is 39.1. The highest BCUT2D eigenvalue weighted by molar-refractivity contribution is 7.89. The Hall–Kier alpha value is -1.47. The molecule has 0 aliphatic heterocycles. The highest BCUT2D eigenvalue weighted by atomic mass is 32.2. The maximum Gasteiger partial charge on any atom is 0.241 e. The standard InChI is InChI=1S/C13H19FN2O3S/c1-3-4-7-15-13(17)9-16-20(18,19)12-6-5-11(14)8-10(12)2/h5-6,8,16H,3-4,7,9H2,1-2H3,(H,15,17). The summed E-state index contributed by atoms with van der Waals surface area (Å²) in [5.41, 5.74) is 0.295. The Bertz CT molecular complexity index is 573. The van der Waals surface area contributed by atoms with Crippen LogP contribution in [0.4, 0.5) is 4.39 Å². The largest absolute Gasteiger partial charge is 0.355 e. The molecule has 5 nitrogen and oxygen atoms in total. The molecule has 1 aromatic rings. The van der Waals surface area contributed by atoms with Crippen LogP contribution in [0, 0.1) is 12.7 Å². The Kier molecular flexibility index (Phi) is 6.09. The molecule has 0 aromatic heterocycles. The quantitative estimate of drug-likeness (QED) is 0.746. The normalized spacial score (nSPS) is 11.3. The fraction of sp³-hybridized carbons (Fsp3) is 0.462. The molecule has 0 spiro atoms. The molecule has 0 aliphatic carbocycles. The molecular weight excluding hydrogens is 283 g/mol. The van der Waals surface area contributed by atoms with E-state index >= 15 is 0 Å². The molecule has 2 N–H and O–H groups in total. The minimum atomic E-state index is -3.81. The fourth-order valence-corrected chi connectivity index (χ4v) is 2.83. The third-order valence-electron chi connectivity index (χ3n) is 2.70. The summed E-state index contributed by atoms with van der Waals surface area (Å²) in [4.78, 5) is 11.4. The van der Waals surface area contributed by atoms with E-state index in [4.69, 9.17) is 0 Å². The summed E-state index contributed by atoms with van der Waals surface area (Å²) in [6, 6.07) is 3.39. The van der Waals surface area contributed by atoms with E-state index in [-0.39, 0.29) is 17.3 Å². The second-order valence-corrected chi connectivity index (χ2v) is 6.17. The molecule has 112 valence electrons. The summed E-state index contributed by atoms with van der Waals surface area (Å²) in [5.74, 6) is -0.888. The zero-order valence-electron chi connectivity index (χ0n) is 11.6. The zero-order chi connectivity index (χ0) is 15.2. The van der Waals surface area contributed by atoms with E-state index in [1.165, 1.54) is 13.0 Å². The van der Waals surface area contributed by atoms with Crippen molar-refractivity contribution in [3.63, 3.8) is 0 Å². The van der Waals surface area contributed by atoms with Gasteiger partial charge in [0.25, 0.3) is 0 Å². The minimum absolute atomic E-state index is 0.0275. The van der Waals surface area contributed by atoms with Crippen molar-refractivity contribution in [2.24, 2.45) is 0 Å². The summed E-state index contributed by atoms with van der Waals surface area (Å²) in [7, 11) is -3.81. The summed E-state index contributed by atoms with van der Waals surface area (Å²) in [6.45, 7) is 3.68. The third-order valence-corrected chi connectivity index (χ3v) is 4.26. The summed E-state index contributed by atoms with van der Waals surface area (Å²) >= 11 is 0. The Morgan fingerprint density at radius 2 is 2.05 bits per heavy atom. The van der Waals surface area contributed by atoms with Crippen molar-refractivity contribution in [3.8, 4) is 0 Å². The van der Waals surface area contributed by atoms with Gasteiger partial charge in [-0.3, -0.25) is 4.79 Å². The molecular formula is C13H19FN2O3S. The van der Waals surface area contributed by atoms with Crippen molar-refractivity contribution >= 4 is 15.9 Å². The van der Waals surface area contributed by atoms with E-state index in [0.29, 0.717) is 12.1 Å². The van der Waals surface area contributed by atoms with E-state index in [1.54, 1.807) is 0 Å². The van der Waals surface area contributed by atoms with Gasteiger partial charge in [-0.05, 0) is 37.1 Å². The third kappa shape index (κ3) is 4.90. The van der Waals surface area contributed by atoms with Gasteiger partial charge >= 0.3 is 0 Å². The number of carbonyl (C=O) groups excluding carboxylic acids is 1. The van der Waals surface area contributed by atoms with Gasteiger partial charge in [0, 0.05) is 6.54 Å². The molecule has 0 saturated carbocycles. The van der Waals surface area contributed by atoms with Crippen molar-refractivity contribution in [1.82, 2.24) is 10.0 Å². The molecule has 20 heavy (non-hydrogen) atoms. The molecule has 1 aromatic carbocycles. The van der Waals surface area contributed by atoms with Crippen LogP contribution in [0.1, 0.15) is 25.3 Å². The van der Waals surface area contributed by atoms with Crippen LogP contribution in [0.3, 0.4) is 0 Å². The van der Waals surface area contributed by atoms with E-state index in [9.17, 15) is 17.6 Å². The van der Waals surface area contributed by atoms with Crippen LogP contribution in [0.2, 0.25) is 0 Å². The first-order chi connectivity index (χ1) is 9.36. The van der Waals surface area contributed by atoms with Crippen LogP contribution in [-0.4, -0.2) is 27.4 Å². The first-order valence-corrected chi connectivity index (χ1v) is 7.87. The van der Waals surface area contributed by atoms with Gasteiger partial charge in [-0.15, -0.1) is 0 Å². The number of hydrogen-bond acceptors (Lipinski definition) is 3. The molecule has 0 unspecified atom stereocenters. The highest BCUT2D eigenvalue weighted by Gasteiger charge is 2.18. The number of rotatable bonds is 7. The lowest BCUT2D eigenvalue weighted by Crippen LogP contribution is -2.37. The maximum absolute atomic E-state index is 12.9. The molecule has 0 heterocycles. The van der Waals surface area contributed by atoms with Gasteiger partial charge in [-0.1, -0.05) is 13.3 Å². The zero-order valence-corrected chi connectivity index (χ0v) is 12.4. The van der Waals surface area contributed by atoms with Crippen molar-refractivity contribution in [3.05, 3.63) is 29.6 Å². The van der Waals surface area contributed by atoms with E-state index in [2.05, 4.69) is 10.0 Å². The van der Waals surface area contributed by atoms with Crippen LogP contribution < -0.4 is 10.0 Å². The number of nitrogens with one attached hydrogen (secondary N) is 2. The predicted octanol–water partition coefficient (Wildman–Crippen LogP) is 1.33. The van der Waals surface area contributed by atoms with Crippen molar-refractivity contribution in [2.75, 3.05) is 13.1 Å². The number of hydrogen-bond donors (Lipinski definition) is 2. The number of sulfonamides is 1. The molecule has 0 bridgehead atoms.